The average Bonchev–Trinajstić information content (AvgIpc) is 3.80. The van der Waals surface area contributed by atoms with E-state index < -0.39 is 60.9 Å². The number of aromatic nitrogens is 3. The Morgan fingerprint density at radius 1 is 1.02 bits per heavy atom. The van der Waals surface area contributed by atoms with E-state index in [-0.39, 0.29) is 65.5 Å². The first-order valence-corrected chi connectivity index (χ1v) is 25.2. The number of pyridine rings is 1. The SMILES string of the molecule is CC(C)[Si](C#Cc1c(F)ccc2cccc(-c3nc4c5c(nc(=O)n(C[C@@]67CCCN6C[C@H](F)C7)c5c3F)N3C[C@H]5CC[C@@H]([C@H]3[C@H](C)O4)N5C(=O)OC(C)(C)C)c12)(C(C)C)C(C)C. The predicted octanol–water partition coefficient (Wildman–Crippen LogP) is 9.77. The summed E-state index contributed by atoms with van der Waals surface area (Å²) in [7, 11) is -2.33. The highest BCUT2D eigenvalue weighted by Crippen LogP contribution is 2.48. The van der Waals surface area contributed by atoms with E-state index in [0.29, 0.717) is 65.3 Å². The number of nitrogens with zero attached hydrogens (tertiary/aromatic N) is 6. The lowest BCUT2D eigenvalue weighted by Crippen LogP contribution is -2.65. The summed E-state index contributed by atoms with van der Waals surface area (Å²) in [5.74, 6) is 2.39. The molecule has 0 N–H and O–H groups in total. The van der Waals surface area contributed by atoms with Crippen LogP contribution in [0.5, 0.6) is 5.88 Å². The van der Waals surface area contributed by atoms with Crippen LogP contribution in [0.25, 0.3) is 32.9 Å². The summed E-state index contributed by atoms with van der Waals surface area (Å²) in [5, 5.41) is 1.33. The monoisotopic (exact) mass is 882 g/mol. The van der Waals surface area contributed by atoms with Crippen molar-refractivity contribution in [3.8, 4) is 28.6 Å². The molecule has 0 spiro atoms. The van der Waals surface area contributed by atoms with Crippen LogP contribution in [0.2, 0.25) is 16.6 Å². The van der Waals surface area contributed by atoms with Crippen LogP contribution in [-0.2, 0) is 11.3 Å². The third kappa shape index (κ3) is 6.93. The third-order valence-corrected chi connectivity index (χ3v) is 21.4. The molecule has 63 heavy (non-hydrogen) atoms. The van der Waals surface area contributed by atoms with Crippen molar-refractivity contribution < 1.29 is 27.4 Å². The molecular formula is C49H61F3N6O4Si. The maximum absolute atomic E-state index is 18.4. The standard InChI is InChI=1S/C49H61F3N6O4Si/c1-27(2)63(28(3)4,29(5)6)22-19-34-36(51)17-15-31-13-11-14-35(38(31)34)41-40(52)43-39-44(54-46(59)57(43)26-49-20-12-21-55(49)24-32(50)23-49)56-25-33-16-18-37(42(56)30(7)61-45(39)53-41)58(33)47(60)62-48(8,9)10/h11,13-15,17,27-30,32-33,37,42H,12,16,18,20-21,23-26H2,1-10H3/t30-,32+,33+,37-,42+,49-/m0/s1. The highest BCUT2D eigenvalue weighted by molar-refractivity contribution is 6.90. The van der Waals surface area contributed by atoms with Gasteiger partial charge in [0.05, 0.1) is 23.7 Å². The minimum atomic E-state index is -2.33. The lowest BCUT2D eigenvalue weighted by Gasteiger charge is -2.48. The van der Waals surface area contributed by atoms with Crippen molar-refractivity contribution in [3.05, 3.63) is 58.0 Å². The minimum Gasteiger partial charge on any atom is -0.472 e. The van der Waals surface area contributed by atoms with Gasteiger partial charge in [0.25, 0.3) is 0 Å². The van der Waals surface area contributed by atoms with E-state index >= 15 is 13.2 Å². The number of ether oxygens (including phenoxy) is 2. The van der Waals surface area contributed by atoms with Gasteiger partial charge in [-0.15, -0.1) is 5.54 Å². The number of benzene rings is 2. The van der Waals surface area contributed by atoms with Gasteiger partial charge in [0.1, 0.15) is 54.2 Å². The number of hydrogen-bond acceptors (Lipinski definition) is 8. The molecule has 14 heteroatoms. The van der Waals surface area contributed by atoms with Crippen molar-refractivity contribution in [1.82, 2.24) is 24.3 Å². The molecule has 5 aliphatic rings. The second-order valence-corrected chi connectivity index (χ2v) is 26.4. The molecule has 5 aliphatic heterocycles. The van der Waals surface area contributed by atoms with Crippen molar-refractivity contribution in [2.24, 2.45) is 0 Å². The molecule has 2 bridgehead atoms. The summed E-state index contributed by atoms with van der Waals surface area (Å²) >= 11 is 0. The number of amides is 1. The zero-order chi connectivity index (χ0) is 45.1. The minimum absolute atomic E-state index is 0.0275. The first-order valence-electron chi connectivity index (χ1n) is 23.0. The molecule has 7 heterocycles. The quantitative estimate of drug-likeness (QED) is 0.140. The summed E-state index contributed by atoms with van der Waals surface area (Å²) in [5.41, 5.74) is 2.85. The van der Waals surface area contributed by atoms with Crippen LogP contribution in [0, 0.1) is 23.1 Å². The van der Waals surface area contributed by atoms with Gasteiger partial charge in [-0.1, -0.05) is 71.7 Å². The van der Waals surface area contributed by atoms with Crippen LogP contribution in [0.4, 0.5) is 23.8 Å². The molecule has 336 valence electrons. The van der Waals surface area contributed by atoms with E-state index in [0.717, 1.165) is 6.42 Å². The van der Waals surface area contributed by atoms with Crippen molar-refractivity contribution in [2.45, 2.75) is 166 Å². The van der Waals surface area contributed by atoms with Gasteiger partial charge in [-0.3, -0.25) is 14.4 Å². The Morgan fingerprint density at radius 2 is 1.75 bits per heavy atom. The van der Waals surface area contributed by atoms with E-state index in [4.69, 9.17) is 19.4 Å². The summed E-state index contributed by atoms with van der Waals surface area (Å²) in [6.45, 7) is 21.9. The maximum atomic E-state index is 18.4. The molecule has 0 unspecified atom stereocenters. The second-order valence-electron chi connectivity index (χ2n) is 20.8. The van der Waals surface area contributed by atoms with Gasteiger partial charge in [-0.05, 0) is 94.4 Å². The van der Waals surface area contributed by atoms with Crippen molar-refractivity contribution >= 4 is 41.7 Å². The largest absolute Gasteiger partial charge is 0.472 e. The van der Waals surface area contributed by atoms with Crippen molar-refractivity contribution in [3.63, 3.8) is 0 Å². The molecule has 9 rings (SSSR count). The average molecular weight is 883 g/mol. The number of fused-ring (bicyclic) bond motifs is 7. The topological polar surface area (TPSA) is 93.0 Å². The summed E-state index contributed by atoms with van der Waals surface area (Å²) < 4.78 is 64.2. The molecule has 4 fully saturated rings. The number of alkyl halides is 1. The Morgan fingerprint density at radius 3 is 2.44 bits per heavy atom. The Balaban J connectivity index is 1.29. The van der Waals surface area contributed by atoms with Gasteiger partial charge in [-0.25, -0.2) is 27.7 Å². The van der Waals surface area contributed by atoms with E-state index in [1.165, 1.54) is 10.6 Å². The molecule has 4 aromatic rings. The smallest absolute Gasteiger partial charge is 0.410 e. The fraction of sp³-hybridized carbons (Fsp3) is 0.592. The van der Waals surface area contributed by atoms with Gasteiger partial charge < -0.3 is 14.4 Å². The summed E-state index contributed by atoms with van der Waals surface area (Å²) in [6.07, 6.45) is 0.994. The van der Waals surface area contributed by atoms with Gasteiger partial charge in [0.2, 0.25) is 5.88 Å². The number of carbonyl (C=O) groups is 1. The fourth-order valence-electron chi connectivity index (χ4n) is 12.6. The third-order valence-electron chi connectivity index (χ3n) is 15.1. The molecule has 2 aromatic carbocycles. The lowest BCUT2D eigenvalue weighted by atomic mass is 9.93. The molecule has 10 nitrogen and oxygen atoms in total. The molecule has 1 amide bonds. The van der Waals surface area contributed by atoms with E-state index in [2.05, 4.69) is 57.9 Å². The summed E-state index contributed by atoms with van der Waals surface area (Å²) in [6, 6.07) is 7.39. The van der Waals surface area contributed by atoms with Crippen molar-refractivity contribution in [1.29, 1.82) is 0 Å². The number of halogens is 3. The van der Waals surface area contributed by atoms with Crippen LogP contribution in [-0.4, -0.2) is 99.7 Å². The van der Waals surface area contributed by atoms with E-state index in [9.17, 15) is 9.59 Å². The Hall–Kier alpha value is -4.61. The number of hydrogen-bond donors (Lipinski definition) is 0. The molecule has 4 saturated heterocycles. The van der Waals surface area contributed by atoms with Gasteiger partial charge in [0.15, 0.2) is 5.82 Å². The zero-order valence-corrected chi connectivity index (χ0v) is 39.3. The number of rotatable bonds is 6. The van der Waals surface area contributed by atoms with Crippen LogP contribution in [0.3, 0.4) is 0 Å². The zero-order valence-electron chi connectivity index (χ0n) is 38.3. The molecule has 2 aromatic heterocycles. The van der Waals surface area contributed by atoms with Gasteiger partial charge in [-0.2, -0.15) is 4.98 Å². The molecule has 6 atom stereocenters. The van der Waals surface area contributed by atoms with Crippen LogP contribution in [0.1, 0.15) is 107 Å². The highest BCUT2D eigenvalue weighted by atomic mass is 28.3. The highest BCUT2D eigenvalue weighted by Gasteiger charge is 2.55. The van der Waals surface area contributed by atoms with Crippen LogP contribution >= 0.6 is 0 Å². The fourth-order valence-corrected chi connectivity index (χ4v) is 17.8. The molecule has 0 saturated carbocycles. The normalized spacial score (nSPS) is 25.7. The second kappa shape index (κ2) is 15.5. The predicted molar refractivity (Wildman–Crippen MR) is 244 cm³/mol. The molecular weight excluding hydrogens is 822 g/mol. The van der Waals surface area contributed by atoms with Crippen molar-refractivity contribution in [2.75, 3.05) is 24.5 Å². The number of carbonyl (C=O) groups excluding carboxylic acids is 1. The first kappa shape index (κ1) is 43.6. The first-order chi connectivity index (χ1) is 29.8. The lowest BCUT2D eigenvalue weighted by molar-refractivity contribution is 0.000950. The van der Waals surface area contributed by atoms with Gasteiger partial charge >= 0.3 is 11.8 Å². The molecule has 0 radical (unpaired) electrons. The van der Waals surface area contributed by atoms with Crippen LogP contribution < -0.4 is 15.3 Å². The maximum Gasteiger partial charge on any atom is 0.410 e. The Bertz CT molecular complexity index is 2610. The summed E-state index contributed by atoms with van der Waals surface area (Å²) in [4.78, 5) is 44.2. The number of anilines is 1. The molecule has 0 aliphatic carbocycles. The Kier molecular flexibility index (Phi) is 10.8. The van der Waals surface area contributed by atoms with E-state index in [1.807, 2.05) is 43.6 Å². The van der Waals surface area contributed by atoms with Gasteiger partial charge in [0, 0.05) is 36.1 Å². The van der Waals surface area contributed by atoms with E-state index in [1.54, 1.807) is 18.2 Å². The number of piperazine rings is 1. The van der Waals surface area contributed by atoms with Crippen LogP contribution in [0.15, 0.2) is 35.1 Å². The Labute approximate surface area is 369 Å².